The minimum atomic E-state index is -0.608. The molecule has 3 N–H and O–H groups in total. The van der Waals surface area contributed by atoms with Crippen LogP contribution in [0, 0.1) is 12.3 Å². The number of nitrogens with one attached hydrogen (secondary N) is 1. The Bertz CT molecular complexity index is 447. The molecule has 0 spiro atoms. The molecule has 2 atom stereocenters. The third kappa shape index (κ3) is 2.40. The van der Waals surface area contributed by atoms with Crippen LogP contribution >= 0.6 is 0 Å². The van der Waals surface area contributed by atoms with Crippen LogP contribution in [0.4, 0.5) is 0 Å². The van der Waals surface area contributed by atoms with Crippen LogP contribution < -0.4 is 11.1 Å². The zero-order valence-corrected chi connectivity index (χ0v) is 10.9. The van der Waals surface area contributed by atoms with Gasteiger partial charge >= 0.3 is 0 Å². The minimum absolute atomic E-state index is 0.0317. The first-order chi connectivity index (χ1) is 8.54. The number of hydrogen-bond acceptors (Lipinski definition) is 3. The van der Waals surface area contributed by atoms with E-state index in [0.717, 1.165) is 5.56 Å². The van der Waals surface area contributed by atoms with Crippen LogP contribution in [0.5, 0.6) is 0 Å². The summed E-state index contributed by atoms with van der Waals surface area (Å²) in [6, 6.07) is 7.79. The van der Waals surface area contributed by atoms with Gasteiger partial charge in [0.15, 0.2) is 0 Å². The van der Waals surface area contributed by atoms with Crippen molar-refractivity contribution < 1.29 is 9.53 Å². The van der Waals surface area contributed by atoms with Crippen LogP contribution in [-0.2, 0) is 16.1 Å². The molecule has 0 radical (unpaired) electrons. The first-order valence-electron chi connectivity index (χ1n) is 6.20. The van der Waals surface area contributed by atoms with Crippen LogP contribution in [0.1, 0.15) is 18.1 Å². The molecule has 1 saturated heterocycles. The summed E-state index contributed by atoms with van der Waals surface area (Å²) < 4.78 is 5.28. The maximum atomic E-state index is 12.2. The number of carbonyl (C=O) groups is 1. The molecule has 1 fully saturated rings. The van der Waals surface area contributed by atoms with Gasteiger partial charge in [0.05, 0.1) is 18.6 Å². The van der Waals surface area contributed by atoms with E-state index in [2.05, 4.69) is 5.32 Å². The molecule has 0 aliphatic carbocycles. The molecule has 0 bridgehead atoms. The Labute approximate surface area is 108 Å². The van der Waals surface area contributed by atoms with Gasteiger partial charge in [-0.15, -0.1) is 0 Å². The number of ether oxygens (including phenoxy) is 1. The van der Waals surface area contributed by atoms with E-state index in [-0.39, 0.29) is 11.9 Å². The molecule has 1 aliphatic rings. The molecule has 0 saturated carbocycles. The number of aryl methyl sites for hydroxylation is 1. The molecule has 4 heteroatoms. The van der Waals surface area contributed by atoms with Gasteiger partial charge in [0, 0.05) is 12.6 Å². The molecule has 4 nitrogen and oxygen atoms in total. The highest BCUT2D eigenvalue weighted by molar-refractivity contribution is 5.83. The van der Waals surface area contributed by atoms with Gasteiger partial charge in [-0.05, 0) is 25.0 Å². The Balaban J connectivity index is 1.99. The third-order valence-corrected chi connectivity index (χ3v) is 3.74. The quantitative estimate of drug-likeness (QED) is 0.838. The van der Waals surface area contributed by atoms with Gasteiger partial charge in [0.25, 0.3) is 0 Å². The van der Waals surface area contributed by atoms with Crippen molar-refractivity contribution >= 4 is 5.91 Å². The van der Waals surface area contributed by atoms with Crippen molar-refractivity contribution in [1.29, 1.82) is 0 Å². The molecule has 98 valence electrons. The summed E-state index contributed by atoms with van der Waals surface area (Å²) in [5, 5.41) is 2.95. The third-order valence-electron chi connectivity index (χ3n) is 3.74. The molecule has 1 aromatic carbocycles. The van der Waals surface area contributed by atoms with Crippen molar-refractivity contribution in [3.63, 3.8) is 0 Å². The van der Waals surface area contributed by atoms with E-state index in [9.17, 15) is 4.79 Å². The summed E-state index contributed by atoms with van der Waals surface area (Å²) in [6.07, 6.45) is 0. The summed E-state index contributed by atoms with van der Waals surface area (Å²) in [5.41, 5.74) is 7.62. The van der Waals surface area contributed by atoms with Gasteiger partial charge in [-0.25, -0.2) is 0 Å². The number of carbonyl (C=O) groups excluding carboxylic acids is 1. The fraction of sp³-hybridized carbons (Fsp3) is 0.500. The highest BCUT2D eigenvalue weighted by Gasteiger charge is 2.44. The topological polar surface area (TPSA) is 64.3 Å². The van der Waals surface area contributed by atoms with Gasteiger partial charge in [-0.3, -0.25) is 4.79 Å². The van der Waals surface area contributed by atoms with Crippen molar-refractivity contribution in [2.45, 2.75) is 26.4 Å². The summed E-state index contributed by atoms with van der Waals surface area (Å²) in [5.74, 6) is -0.0317. The van der Waals surface area contributed by atoms with Crippen LogP contribution in [0.2, 0.25) is 0 Å². The van der Waals surface area contributed by atoms with E-state index in [1.807, 2.05) is 38.1 Å². The minimum Gasteiger partial charge on any atom is -0.379 e. The fourth-order valence-electron chi connectivity index (χ4n) is 2.11. The second-order valence-electron chi connectivity index (χ2n) is 5.15. The molecule has 0 aromatic heterocycles. The predicted octanol–water partition coefficient (Wildman–Crippen LogP) is 0.975. The largest absolute Gasteiger partial charge is 0.379 e. The Hall–Kier alpha value is -1.39. The summed E-state index contributed by atoms with van der Waals surface area (Å²) >= 11 is 0. The lowest BCUT2D eigenvalue weighted by Crippen LogP contribution is -2.49. The smallest absolute Gasteiger partial charge is 0.230 e. The maximum absolute atomic E-state index is 12.2. The molecular weight excluding hydrogens is 228 g/mol. The number of benzene rings is 1. The Morgan fingerprint density at radius 1 is 1.56 bits per heavy atom. The van der Waals surface area contributed by atoms with E-state index < -0.39 is 5.41 Å². The van der Waals surface area contributed by atoms with Gasteiger partial charge in [0.2, 0.25) is 5.91 Å². The predicted molar refractivity (Wildman–Crippen MR) is 69.9 cm³/mol. The lowest BCUT2D eigenvalue weighted by atomic mass is 9.85. The van der Waals surface area contributed by atoms with Gasteiger partial charge in [-0.2, -0.15) is 0 Å². The maximum Gasteiger partial charge on any atom is 0.230 e. The van der Waals surface area contributed by atoms with E-state index in [0.29, 0.717) is 19.8 Å². The number of rotatable bonds is 3. The first kappa shape index (κ1) is 13.1. The monoisotopic (exact) mass is 248 g/mol. The van der Waals surface area contributed by atoms with Crippen LogP contribution in [0.3, 0.4) is 0 Å². The van der Waals surface area contributed by atoms with Crippen LogP contribution in [-0.4, -0.2) is 25.2 Å². The van der Waals surface area contributed by atoms with Gasteiger partial charge in [0.1, 0.15) is 0 Å². The Morgan fingerprint density at radius 3 is 2.89 bits per heavy atom. The molecule has 2 unspecified atom stereocenters. The SMILES string of the molecule is Cc1ccccc1CNC(=O)C1(C)COCC1N. The van der Waals surface area contributed by atoms with Crippen LogP contribution in [0.25, 0.3) is 0 Å². The van der Waals surface area contributed by atoms with Crippen molar-refractivity contribution in [2.24, 2.45) is 11.1 Å². The lowest BCUT2D eigenvalue weighted by Gasteiger charge is -2.25. The molecule has 1 heterocycles. The normalized spacial score (nSPS) is 27.2. The highest BCUT2D eigenvalue weighted by atomic mass is 16.5. The molecule has 1 aliphatic heterocycles. The number of amides is 1. The van der Waals surface area contributed by atoms with Crippen molar-refractivity contribution in [3.05, 3.63) is 35.4 Å². The molecule has 1 amide bonds. The molecular formula is C14H20N2O2. The summed E-state index contributed by atoms with van der Waals surface area (Å²) in [4.78, 5) is 12.2. The van der Waals surface area contributed by atoms with Gasteiger partial charge < -0.3 is 15.8 Å². The zero-order chi connectivity index (χ0) is 13.2. The molecule has 1 aromatic rings. The average molecular weight is 248 g/mol. The number of nitrogens with two attached hydrogens (primary N) is 1. The molecule has 18 heavy (non-hydrogen) atoms. The highest BCUT2D eigenvalue weighted by Crippen LogP contribution is 2.27. The van der Waals surface area contributed by atoms with Crippen LogP contribution in [0.15, 0.2) is 24.3 Å². The first-order valence-corrected chi connectivity index (χ1v) is 6.20. The van der Waals surface area contributed by atoms with Crippen molar-refractivity contribution in [1.82, 2.24) is 5.32 Å². The van der Waals surface area contributed by atoms with E-state index >= 15 is 0 Å². The number of hydrogen-bond donors (Lipinski definition) is 2. The van der Waals surface area contributed by atoms with E-state index in [4.69, 9.17) is 10.5 Å². The standard InChI is InChI=1S/C14H20N2O2/c1-10-5-3-4-6-11(10)7-16-13(17)14(2)9-18-8-12(14)15/h3-6,12H,7-9,15H2,1-2H3,(H,16,17). The lowest BCUT2D eigenvalue weighted by molar-refractivity contribution is -0.130. The van der Waals surface area contributed by atoms with E-state index in [1.54, 1.807) is 0 Å². The summed E-state index contributed by atoms with van der Waals surface area (Å²) in [7, 11) is 0. The molecule has 2 rings (SSSR count). The Morgan fingerprint density at radius 2 is 2.28 bits per heavy atom. The van der Waals surface area contributed by atoms with Crippen molar-refractivity contribution in [2.75, 3.05) is 13.2 Å². The Kier molecular flexibility index (Phi) is 3.68. The second kappa shape index (κ2) is 5.08. The zero-order valence-electron chi connectivity index (χ0n) is 10.9. The second-order valence-corrected chi connectivity index (χ2v) is 5.15. The van der Waals surface area contributed by atoms with E-state index in [1.165, 1.54) is 5.56 Å². The average Bonchev–Trinajstić information content (AvgIpc) is 2.69. The fourth-order valence-corrected chi connectivity index (χ4v) is 2.11. The van der Waals surface area contributed by atoms with Crippen molar-refractivity contribution in [3.8, 4) is 0 Å². The van der Waals surface area contributed by atoms with Gasteiger partial charge in [-0.1, -0.05) is 24.3 Å². The summed E-state index contributed by atoms with van der Waals surface area (Å²) in [6.45, 7) is 5.28.